The predicted octanol–water partition coefficient (Wildman–Crippen LogP) is 5.11. The molecule has 1 atom stereocenters. The van der Waals surface area contributed by atoms with Gasteiger partial charge >= 0.3 is 11.9 Å². The van der Waals surface area contributed by atoms with E-state index in [4.69, 9.17) is 26.3 Å². The summed E-state index contributed by atoms with van der Waals surface area (Å²) in [4.78, 5) is 25.8. The van der Waals surface area contributed by atoms with Crippen LogP contribution in [0.3, 0.4) is 0 Å². The molecule has 1 N–H and O–H groups in total. The van der Waals surface area contributed by atoms with E-state index in [1.165, 1.54) is 12.1 Å². The SMILES string of the molecule is COc1cccc(C2CC(=O)Oc3ccccc32)c1.O=C(OO)c1cccc(Cl)c1. The molecule has 0 radical (unpaired) electrons. The Hall–Kier alpha value is -3.35. The fourth-order valence-electron chi connectivity index (χ4n) is 3.13. The highest BCUT2D eigenvalue weighted by atomic mass is 35.5. The molecular weight excluding hydrogens is 408 g/mol. The van der Waals surface area contributed by atoms with Crippen molar-refractivity contribution >= 4 is 23.5 Å². The first-order valence-corrected chi connectivity index (χ1v) is 9.44. The van der Waals surface area contributed by atoms with E-state index in [0.29, 0.717) is 17.2 Å². The lowest BCUT2D eigenvalue weighted by Gasteiger charge is -2.24. The maximum atomic E-state index is 11.7. The van der Waals surface area contributed by atoms with E-state index in [9.17, 15) is 9.59 Å². The van der Waals surface area contributed by atoms with Gasteiger partial charge in [-0.3, -0.25) is 9.68 Å². The number of hydrogen-bond donors (Lipinski definition) is 1. The molecule has 30 heavy (non-hydrogen) atoms. The van der Waals surface area contributed by atoms with Crippen LogP contribution in [0.1, 0.15) is 33.8 Å². The lowest BCUT2D eigenvalue weighted by molar-refractivity contribution is -0.182. The van der Waals surface area contributed by atoms with Gasteiger partial charge in [0.15, 0.2) is 0 Å². The Balaban J connectivity index is 0.000000199. The summed E-state index contributed by atoms with van der Waals surface area (Å²) >= 11 is 5.56. The van der Waals surface area contributed by atoms with Crippen molar-refractivity contribution in [2.45, 2.75) is 12.3 Å². The quantitative estimate of drug-likeness (QED) is 0.271. The Bertz CT molecular complexity index is 1050. The monoisotopic (exact) mass is 426 g/mol. The van der Waals surface area contributed by atoms with Gasteiger partial charge in [0.05, 0.1) is 19.1 Å². The van der Waals surface area contributed by atoms with Crippen molar-refractivity contribution in [3.8, 4) is 11.5 Å². The van der Waals surface area contributed by atoms with Crippen LogP contribution in [-0.2, 0) is 9.68 Å². The van der Waals surface area contributed by atoms with Gasteiger partial charge in [-0.2, -0.15) is 5.26 Å². The van der Waals surface area contributed by atoms with Crippen molar-refractivity contribution in [3.05, 3.63) is 94.5 Å². The Morgan fingerprint density at radius 3 is 2.57 bits per heavy atom. The molecule has 4 rings (SSSR count). The number of halogens is 1. The predicted molar refractivity (Wildman–Crippen MR) is 111 cm³/mol. The Labute approximate surface area is 178 Å². The summed E-state index contributed by atoms with van der Waals surface area (Å²) in [5.74, 6) is 0.493. The highest BCUT2D eigenvalue weighted by Crippen LogP contribution is 2.39. The zero-order valence-corrected chi connectivity index (χ0v) is 16.8. The molecule has 0 saturated carbocycles. The Morgan fingerprint density at radius 1 is 1.07 bits per heavy atom. The number of carbonyl (C=O) groups is 2. The molecule has 0 aromatic heterocycles. The average molecular weight is 427 g/mol. The van der Waals surface area contributed by atoms with Crippen LogP contribution in [0.2, 0.25) is 5.02 Å². The fourth-order valence-corrected chi connectivity index (χ4v) is 3.32. The van der Waals surface area contributed by atoms with Gasteiger partial charge in [-0.1, -0.05) is 48.0 Å². The van der Waals surface area contributed by atoms with Crippen molar-refractivity contribution < 1.29 is 29.2 Å². The summed E-state index contributed by atoms with van der Waals surface area (Å²) in [7, 11) is 1.64. The number of para-hydroxylation sites is 1. The number of methoxy groups -OCH3 is 1. The van der Waals surface area contributed by atoms with E-state index in [1.54, 1.807) is 19.2 Å². The van der Waals surface area contributed by atoms with Crippen molar-refractivity contribution in [1.82, 2.24) is 0 Å². The minimum atomic E-state index is -0.813. The third-order valence-corrected chi connectivity index (χ3v) is 4.76. The van der Waals surface area contributed by atoms with Crippen LogP contribution in [0.4, 0.5) is 0 Å². The molecule has 1 aliphatic rings. The highest BCUT2D eigenvalue weighted by molar-refractivity contribution is 6.30. The Morgan fingerprint density at radius 2 is 1.83 bits per heavy atom. The topological polar surface area (TPSA) is 82.1 Å². The first-order valence-electron chi connectivity index (χ1n) is 9.06. The second kappa shape index (κ2) is 9.91. The molecule has 1 unspecified atom stereocenters. The van der Waals surface area contributed by atoms with Crippen molar-refractivity contribution in [2.75, 3.05) is 7.11 Å². The molecule has 0 bridgehead atoms. The minimum absolute atomic E-state index is 0.0348. The second-order valence-electron chi connectivity index (χ2n) is 6.43. The summed E-state index contributed by atoms with van der Waals surface area (Å²) in [6.07, 6.45) is 0.365. The van der Waals surface area contributed by atoms with Crippen molar-refractivity contribution in [3.63, 3.8) is 0 Å². The molecular formula is C23H19ClO6. The van der Waals surface area contributed by atoms with E-state index in [1.807, 2.05) is 48.5 Å². The van der Waals surface area contributed by atoms with Crippen LogP contribution in [-0.4, -0.2) is 24.3 Å². The zero-order chi connectivity index (χ0) is 21.5. The van der Waals surface area contributed by atoms with Crippen molar-refractivity contribution in [2.24, 2.45) is 0 Å². The van der Waals surface area contributed by atoms with Gasteiger partial charge in [-0.15, -0.1) is 0 Å². The van der Waals surface area contributed by atoms with E-state index >= 15 is 0 Å². The molecule has 154 valence electrons. The van der Waals surface area contributed by atoms with E-state index in [0.717, 1.165) is 16.9 Å². The van der Waals surface area contributed by atoms with Crippen LogP contribution < -0.4 is 9.47 Å². The van der Waals surface area contributed by atoms with Gasteiger partial charge in [0.1, 0.15) is 11.5 Å². The first kappa shape index (κ1) is 21.4. The molecule has 7 heteroatoms. The summed E-state index contributed by atoms with van der Waals surface area (Å²) in [6.45, 7) is 0. The minimum Gasteiger partial charge on any atom is -0.497 e. The second-order valence-corrected chi connectivity index (χ2v) is 6.87. The van der Waals surface area contributed by atoms with E-state index < -0.39 is 5.97 Å². The largest absolute Gasteiger partial charge is 0.497 e. The maximum Gasteiger partial charge on any atom is 0.372 e. The number of rotatable bonds is 3. The maximum absolute atomic E-state index is 11.7. The number of hydrogen-bond acceptors (Lipinski definition) is 6. The molecule has 0 spiro atoms. The van der Waals surface area contributed by atoms with Crippen molar-refractivity contribution in [1.29, 1.82) is 0 Å². The molecule has 3 aromatic rings. The smallest absolute Gasteiger partial charge is 0.372 e. The molecule has 0 saturated heterocycles. The summed E-state index contributed by atoms with van der Waals surface area (Å²) < 4.78 is 10.5. The number of fused-ring (bicyclic) bond motifs is 1. The van der Waals surface area contributed by atoms with Gasteiger partial charge in [0, 0.05) is 16.5 Å². The van der Waals surface area contributed by atoms with Crippen LogP contribution >= 0.6 is 11.6 Å². The highest BCUT2D eigenvalue weighted by Gasteiger charge is 2.28. The fraction of sp³-hybridized carbons (Fsp3) is 0.130. The number of ether oxygens (including phenoxy) is 2. The summed E-state index contributed by atoms with van der Waals surface area (Å²) in [6, 6.07) is 21.6. The van der Waals surface area contributed by atoms with Gasteiger partial charge in [0.25, 0.3) is 0 Å². The first-order chi connectivity index (χ1) is 14.5. The number of carbonyl (C=O) groups excluding carboxylic acids is 2. The van der Waals surface area contributed by atoms with Crippen LogP contribution in [0.25, 0.3) is 0 Å². The molecule has 6 nitrogen and oxygen atoms in total. The lowest BCUT2D eigenvalue weighted by Crippen LogP contribution is -2.20. The molecule has 1 aliphatic heterocycles. The van der Waals surface area contributed by atoms with Crippen LogP contribution in [0.15, 0.2) is 72.8 Å². The Kier molecular flexibility index (Phi) is 7.06. The standard InChI is InChI=1S/C16H14O3.C7H5ClO3/c1-18-12-6-4-5-11(9-12)14-10-16(17)19-15-8-3-2-7-13(14)15;8-6-3-1-2-5(4-6)7(9)11-10/h2-9,14H,10H2,1H3;1-4,10H. The third-order valence-electron chi connectivity index (χ3n) is 4.53. The van der Waals surface area contributed by atoms with Gasteiger partial charge in [0.2, 0.25) is 0 Å². The molecule has 1 heterocycles. The molecule has 0 fully saturated rings. The third kappa shape index (κ3) is 5.17. The van der Waals surface area contributed by atoms with E-state index in [2.05, 4.69) is 4.89 Å². The average Bonchev–Trinajstić information content (AvgIpc) is 2.78. The van der Waals surface area contributed by atoms with Gasteiger partial charge in [-0.25, -0.2) is 4.79 Å². The molecule has 0 aliphatic carbocycles. The van der Waals surface area contributed by atoms with Crippen LogP contribution in [0.5, 0.6) is 11.5 Å². The number of benzene rings is 3. The van der Waals surface area contributed by atoms with Crippen LogP contribution in [0, 0.1) is 0 Å². The zero-order valence-electron chi connectivity index (χ0n) is 16.1. The van der Waals surface area contributed by atoms with Gasteiger partial charge in [-0.05, 0) is 42.0 Å². The molecule has 3 aromatic carbocycles. The summed E-state index contributed by atoms with van der Waals surface area (Å²) in [5, 5.41) is 8.41. The molecule has 0 amide bonds. The summed E-state index contributed by atoms with van der Waals surface area (Å²) in [5.41, 5.74) is 2.35. The lowest BCUT2D eigenvalue weighted by atomic mass is 9.86. The number of esters is 1. The van der Waals surface area contributed by atoms with Gasteiger partial charge < -0.3 is 9.47 Å². The van der Waals surface area contributed by atoms with E-state index in [-0.39, 0.29) is 17.5 Å². The normalized spacial score (nSPS) is 14.5.